The number of hydrogen-bond acceptors (Lipinski definition) is 4. The van der Waals surface area contributed by atoms with E-state index in [2.05, 4.69) is 21.1 Å². The molecule has 0 saturated heterocycles. The van der Waals surface area contributed by atoms with Crippen LogP contribution < -0.4 is 4.90 Å². The highest BCUT2D eigenvalue weighted by atomic mass is 16.2. The van der Waals surface area contributed by atoms with Crippen LogP contribution in [0.15, 0.2) is 30.3 Å². The number of carbonyl (C=O) groups is 1. The number of amides is 1. The minimum Gasteiger partial charge on any atom is -0.304 e. The summed E-state index contributed by atoms with van der Waals surface area (Å²) < 4.78 is 1.75. The molecule has 6 nitrogen and oxygen atoms in total. The Hall–Kier alpha value is -2.76. The van der Waals surface area contributed by atoms with Crippen LogP contribution in [0.2, 0.25) is 0 Å². The molecule has 1 amide bonds. The van der Waals surface area contributed by atoms with Crippen molar-refractivity contribution in [2.45, 2.75) is 59.4 Å². The molecule has 0 spiro atoms. The van der Waals surface area contributed by atoms with Crippen LogP contribution in [0.4, 0.5) is 5.69 Å². The summed E-state index contributed by atoms with van der Waals surface area (Å²) in [6.45, 7) is 6.35. The van der Waals surface area contributed by atoms with Gasteiger partial charge in [-0.15, -0.1) is 5.10 Å². The van der Waals surface area contributed by atoms with Gasteiger partial charge in [-0.25, -0.2) is 9.50 Å². The molecule has 1 saturated carbocycles. The van der Waals surface area contributed by atoms with Crippen molar-refractivity contribution in [2.24, 2.45) is 5.92 Å². The Morgan fingerprint density at radius 1 is 1.11 bits per heavy atom. The molecule has 28 heavy (non-hydrogen) atoms. The third kappa shape index (κ3) is 3.77. The molecular formula is C22H27N5O. The van der Waals surface area contributed by atoms with Crippen molar-refractivity contribution in [3.8, 4) is 0 Å². The van der Waals surface area contributed by atoms with Crippen molar-refractivity contribution in [3.05, 3.63) is 53.1 Å². The zero-order valence-corrected chi connectivity index (χ0v) is 16.9. The monoisotopic (exact) mass is 377 g/mol. The van der Waals surface area contributed by atoms with Gasteiger partial charge in [0.25, 0.3) is 5.78 Å². The van der Waals surface area contributed by atoms with Crippen molar-refractivity contribution in [1.29, 1.82) is 0 Å². The summed E-state index contributed by atoms with van der Waals surface area (Å²) in [6.07, 6.45) is 5.44. The zero-order valence-electron chi connectivity index (χ0n) is 16.9. The number of rotatable bonds is 4. The molecule has 3 aromatic rings. The van der Waals surface area contributed by atoms with E-state index >= 15 is 0 Å². The van der Waals surface area contributed by atoms with Crippen molar-refractivity contribution in [2.75, 3.05) is 4.90 Å². The maximum Gasteiger partial charge on any atom is 0.252 e. The van der Waals surface area contributed by atoms with Gasteiger partial charge in [0.1, 0.15) is 0 Å². The number of anilines is 1. The summed E-state index contributed by atoms with van der Waals surface area (Å²) in [4.78, 5) is 24.3. The molecule has 0 radical (unpaired) electrons. The minimum atomic E-state index is 0.0911. The second kappa shape index (κ2) is 7.70. The summed E-state index contributed by atoms with van der Waals surface area (Å²) >= 11 is 0. The van der Waals surface area contributed by atoms with Gasteiger partial charge in [-0.05, 0) is 57.4 Å². The first-order valence-corrected chi connectivity index (χ1v) is 10.1. The van der Waals surface area contributed by atoms with E-state index in [0.717, 1.165) is 48.3 Å². The molecule has 2 heterocycles. The maximum absolute atomic E-state index is 13.4. The Labute approximate surface area is 165 Å². The van der Waals surface area contributed by atoms with E-state index in [-0.39, 0.29) is 11.8 Å². The van der Waals surface area contributed by atoms with Gasteiger partial charge in [-0.2, -0.15) is 4.98 Å². The molecule has 4 rings (SSSR count). The number of aryl methyl sites for hydroxylation is 3. The van der Waals surface area contributed by atoms with E-state index < -0.39 is 0 Å². The minimum absolute atomic E-state index is 0.0911. The molecule has 0 N–H and O–H groups in total. The third-order valence-corrected chi connectivity index (χ3v) is 5.50. The summed E-state index contributed by atoms with van der Waals surface area (Å²) in [7, 11) is 0. The van der Waals surface area contributed by atoms with Gasteiger partial charge in [0.2, 0.25) is 5.91 Å². The van der Waals surface area contributed by atoms with Crippen LogP contribution in [-0.2, 0) is 11.3 Å². The molecule has 0 atom stereocenters. The second-order valence-electron chi connectivity index (χ2n) is 7.88. The van der Waals surface area contributed by atoms with E-state index in [1.165, 1.54) is 6.42 Å². The van der Waals surface area contributed by atoms with Gasteiger partial charge in [0, 0.05) is 23.0 Å². The average molecular weight is 377 g/mol. The molecular weight excluding hydrogens is 350 g/mol. The standard InChI is InChI=1S/C22H27N5O/c1-15-8-7-11-19(12-15)26(21(28)18-9-5-4-6-10-18)14-20-24-22-23-16(2)13-17(3)27(22)25-20/h7-8,11-13,18H,4-6,9-10,14H2,1-3H3. The average Bonchev–Trinajstić information content (AvgIpc) is 3.09. The topological polar surface area (TPSA) is 63.4 Å². The van der Waals surface area contributed by atoms with Crippen LogP contribution in [0, 0.1) is 26.7 Å². The zero-order chi connectivity index (χ0) is 19.7. The first kappa shape index (κ1) is 18.6. The normalized spacial score (nSPS) is 15.1. The fourth-order valence-corrected chi connectivity index (χ4v) is 4.08. The molecule has 1 fully saturated rings. The SMILES string of the molecule is Cc1cccc(N(Cc2nc3nc(C)cc(C)n3n2)C(=O)C2CCCCC2)c1. The van der Waals surface area contributed by atoms with Crippen LogP contribution in [0.3, 0.4) is 0 Å². The van der Waals surface area contributed by atoms with Crippen molar-refractivity contribution in [3.63, 3.8) is 0 Å². The number of nitrogens with zero attached hydrogens (tertiary/aromatic N) is 5. The Morgan fingerprint density at radius 2 is 1.89 bits per heavy atom. The number of fused-ring (bicyclic) bond motifs is 1. The number of carbonyl (C=O) groups excluding carboxylic acids is 1. The van der Waals surface area contributed by atoms with Gasteiger partial charge in [-0.3, -0.25) is 4.79 Å². The lowest BCUT2D eigenvalue weighted by atomic mass is 9.88. The highest BCUT2D eigenvalue weighted by molar-refractivity contribution is 5.95. The van der Waals surface area contributed by atoms with Gasteiger partial charge in [-0.1, -0.05) is 31.4 Å². The summed E-state index contributed by atoms with van der Waals surface area (Å²) in [6, 6.07) is 10.1. The number of benzene rings is 1. The fourth-order valence-electron chi connectivity index (χ4n) is 4.08. The van der Waals surface area contributed by atoms with E-state index in [4.69, 9.17) is 0 Å². The number of hydrogen-bond donors (Lipinski definition) is 0. The van der Waals surface area contributed by atoms with E-state index in [1.54, 1.807) is 4.52 Å². The lowest BCUT2D eigenvalue weighted by Gasteiger charge is -2.29. The summed E-state index contributed by atoms with van der Waals surface area (Å²) in [5.74, 6) is 1.48. The second-order valence-corrected chi connectivity index (χ2v) is 7.88. The van der Waals surface area contributed by atoms with Crippen molar-refractivity contribution in [1.82, 2.24) is 19.6 Å². The summed E-state index contributed by atoms with van der Waals surface area (Å²) in [5, 5.41) is 4.62. The van der Waals surface area contributed by atoms with Crippen LogP contribution >= 0.6 is 0 Å². The van der Waals surface area contributed by atoms with Gasteiger partial charge >= 0.3 is 0 Å². The number of aromatic nitrogens is 4. The molecule has 6 heteroatoms. The molecule has 2 aromatic heterocycles. The first-order valence-electron chi connectivity index (χ1n) is 10.1. The lowest BCUT2D eigenvalue weighted by molar-refractivity contribution is -0.123. The molecule has 1 aliphatic rings. The van der Waals surface area contributed by atoms with Crippen LogP contribution in [0.25, 0.3) is 5.78 Å². The lowest BCUT2D eigenvalue weighted by Crippen LogP contribution is -2.37. The summed E-state index contributed by atoms with van der Waals surface area (Å²) in [5.41, 5.74) is 3.95. The highest BCUT2D eigenvalue weighted by Gasteiger charge is 2.28. The Morgan fingerprint density at radius 3 is 2.64 bits per heavy atom. The van der Waals surface area contributed by atoms with Crippen LogP contribution in [0.5, 0.6) is 0 Å². The molecule has 1 aliphatic carbocycles. The highest BCUT2D eigenvalue weighted by Crippen LogP contribution is 2.28. The Balaban J connectivity index is 1.69. The van der Waals surface area contributed by atoms with Gasteiger partial charge in [0.15, 0.2) is 5.82 Å². The van der Waals surface area contributed by atoms with E-state index in [1.807, 2.05) is 49.9 Å². The molecule has 146 valence electrons. The van der Waals surface area contributed by atoms with Crippen molar-refractivity contribution < 1.29 is 4.79 Å². The van der Waals surface area contributed by atoms with Gasteiger partial charge < -0.3 is 4.90 Å². The van der Waals surface area contributed by atoms with Crippen molar-refractivity contribution >= 4 is 17.4 Å². The molecule has 0 bridgehead atoms. The van der Waals surface area contributed by atoms with E-state index in [0.29, 0.717) is 18.1 Å². The smallest absolute Gasteiger partial charge is 0.252 e. The van der Waals surface area contributed by atoms with Crippen LogP contribution in [-0.4, -0.2) is 25.5 Å². The molecule has 1 aromatic carbocycles. The maximum atomic E-state index is 13.4. The van der Waals surface area contributed by atoms with Gasteiger partial charge in [0.05, 0.1) is 6.54 Å². The molecule has 0 unspecified atom stereocenters. The molecule has 0 aliphatic heterocycles. The quantitative estimate of drug-likeness (QED) is 0.685. The Bertz CT molecular complexity index is 1000. The third-order valence-electron chi connectivity index (χ3n) is 5.50. The Kier molecular flexibility index (Phi) is 5.11. The predicted molar refractivity (Wildman–Crippen MR) is 109 cm³/mol. The first-order chi connectivity index (χ1) is 13.5. The van der Waals surface area contributed by atoms with Crippen LogP contribution in [0.1, 0.15) is 54.9 Å². The van der Waals surface area contributed by atoms with E-state index in [9.17, 15) is 4.79 Å². The predicted octanol–water partition coefficient (Wildman–Crippen LogP) is 4.16. The fraction of sp³-hybridized carbons (Fsp3) is 0.455. The largest absolute Gasteiger partial charge is 0.304 e.